The third kappa shape index (κ3) is 4.27. The summed E-state index contributed by atoms with van der Waals surface area (Å²) in [5, 5.41) is 14.3. The van der Waals surface area contributed by atoms with Crippen LogP contribution in [0.4, 0.5) is 0 Å². The first-order chi connectivity index (χ1) is 17.2. The molecule has 0 saturated carbocycles. The van der Waals surface area contributed by atoms with Crippen LogP contribution in [0.15, 0.2) is 29.3 Å². The first kappa shape index (κ1) is 24.4. The number of hydrogen-bond donors (Lipinski definition) is 3. The fourth-order valence-corrected chi connectivity index (χ4v) is 7.01. The summed E-state index contributed by atoms with van der Waals surface area (Å²) in [6, 6.07) is 5.65. The number of fused-ring (bicyclic) bond motifs is 2. The third-order valence-electron chi connectivity index (χ3n) is 6.43. The number of carbonyl (C=O) groups is 2. The van der Waals surface area contributed by atoms with Gasteiger partial charge in [-0.3, -0.25) is 9.59 Å². The highest BCUT2D eigenvalue weighted by atomic mass is 32.2. The number of thiazole rings is 1. The molecule has 5 rings (SSSR count). The molecule has 3 aromatic rings. The SMILES string of the molecule is C#Cc1ccc2[nH]c(S(=O)(=O)N3CCN(C(=O)c4nc5c(s4)CN(O)CC5)C(C(=O)NC)C3)cc2c1. The Hall–Kier alpha value is -3.28. The van der Waals surface area contributed by atoms with Gasteiger partial charge in [-0.1, -0.05) is 5.92 Å². The molecule has 13 heteroatoms. The number of amides is 2. The summed E-state index contributed by atoms with van der Waals surface area (Å²) in [6.45, 7) is 0.558. The second kappa shape index (κ2) is 9.30. The molecule has 2 amide bonds. The van der Waals surface area contributed by atoms with E-state index in [-0.39, 0.29) is 29.7 Å². The standard InChI is InChI=1S/C23H24N6O5S2/c1-3-14-4-5-16-15(10-14)11-20(25-16)36(33,34)28-8-9-29(18(12-28)21(30)24-2)23(31)22-26-17-6-7-27(32)13-19(17)35-22/h1,4-5,10-11,18,25,32H,6-9,12-13H2,2H3,(H,24,30). The van der Waals surface area contributed by atoms with Gasteiger partial charge < -0.3 is 20.4 Å². The fraction of sp³-hybridized carbons (Fsp3) is 0.348. The first-order valence-electron chi connectivity index (χ1n) is 11.3. The smallest absolute Gasteiger partial charge is 0.283 e. The Morgan fingerprint density at radius 2 is 2.08 bits per heavy atom. The highest BCUT2D eigenvalue weighted by Crippen LogP contribution is 2.28. The molecular formula is C23H24N6O5S2. The van der Waals surface area contributed by atoms with Gasteiger partial charge >= 0.3 is 0 Å². The molecule has 0 bridgehead atoms. The quantitative estimate of drug-likeness (QED) is 0.422. The van der Waals surface area contributed by atoms with Crippen LogP contribution in [0.3, 0.4) is 0 Å². The van der Waals surface area contributed by atoms with Crippen LogP contribution in [0, 0.1) is 12.3 Å². The lowest BCUT2D eigenvalue weighted by molar-refractivity contribution is -0.126. The second-order valence-electron chi connectivity index (χ2n) is 8.60. The average molecular weight is 529 g/mol. The second-order valence-corrected chi connectivity index (χ2v) is 11.6. The van der Waals surface area contributed by atoms with Crippen LogP contribution in [0.1, 0.15) is 25.9 Å². The summed E-state index contributed by atoms with van der Waals surface area (Å²) < 4.78 is 28.1. The Balaban J connectivity index is 1.40. The Labute approximate surface area is 211 Å². The number of likely N-dealkylation sites (N-methyl/N-ethyl adjacent to an activating group) is 1. The molecule has 2 aliphatic heterocycles. The number of hydrogen-bond acceptors (Lipinski definition) is 8. The summed E-state index contributed by atoms with van der Waals surface area (Å²) in [6.07, 6.45) is 5.97. The number of nitrogens with zero attached hydrogens (tertiary/aromatic N) is 4. The maximum absolute atomic E-state index is 13.5. The van der Waals surface area contributed by atoms with Crippen LogP contribution in [-0.4, -0.2) is 88.9 Å². The minimum absolute atomic E-state index is 0.0109. The van der Waals surface area contributed by atoms with Crippen LogP contribution < -0.4 is 5.32 Å². The third-order valence-corrected chi connectivity index (χ3v) is 9.29. The lowest BCUT2D eigenvalue weighted by Crippen LogP contribution is -2.61. The van der Waals surface area contributed by atoms with Gasteiger partial charge in [0.05, 0.1) is 12.2 Å². The van der Waals surface area contributed by atoms with Crippen molar-refractivity contribution in [1.82, 2.24) is 29.6 Å². The van der Waals surface area contributed by atoms with Gasteiger partial charge in [0.25, 0.3) is 15.9 Å². The highest BCUT2D eigenvalue weighted by Gasteiger charge is 2.41. The van der Waals surface area contributed by atoms with E-state index < -0.39 is 27.9 Å². The van der Waals surface area contributed by atoms with E-state index in [1.165, 1.54) is 38.7 Å². The van der Waals surface area contributed by atoms with Crippen LogP contribution >= 0.6 is 11.3 Å². The summed E-state index contributed by atoms with van der Waals surface area (Å²) in [7, 11) is -2.54. The van der Waals surface area contributed by atoms with E-state index in [9.17, 15) is 23.2 Å². The largest absolute Gasteiger partial charge is 0.357 e. The zero-order valence-electron chi connectivity index (χ0n) is 19.4. The minimum Gasteiger partial charge on any atom is -0.357 e. The number of nitrogens with one attached hydrogen (secondary N) is 2. The number of aromatic nitrogens is 2. The van der Waals surface area contributed by atoms with E-state index in [2.05, 4.69) is 21.2 Å². The molecular weight excluding hydrogens is 504 g/mol. The number of benzene rings is 1. The summed E-state index contributed by atoms with van der Waals surface area (Å²) >= 11 is 1.18. The van der Waals surface area contributed by atoms with Crippen LogP contribution in [0.5, 0.6) is 0 Å². The molecule has 3 N–H and O–H groups in total. The van der Waals surface area contributed by atoms with Gasteiger partial charge in [-0.2, -0.15) is 9.37 Å². The number of carbonyl (C=O) groups excluding carboxylic acids is 2. The monoisotopic (exact) mass is 528 g/mol. The molecule has 4 heterocycles. The van der Waals surface area contributed by atoms with Crippen molar-refractivity contribution in [3.63, 3.8) is 0 Å². The van der Waals surface area contributed by atoms with E-state index >= 15 is 0 Å². The van der Waals surface area contributed by atoms with Crippen LogP contribution in [0.2, 0.25) is 0 Å². The van der Waals surface area contributed by atoms with Crippen molar-refractivity contribution in [3.8, 4) is 12.3 Å². The van der Waals surface area contributed by atoms with Gasteiger partial charge in [0, 0.05) is 61.0 Å². The number of sulfonamides is 1. The van der Waals surface area contributed by atoms with E-state index in [1.807, 2.05) is 0 Å². The van der Waals surface area contributed by atoms with E-state index in [0.717, 1.165) is 10.6 Å². The Bertz CT molecular complexity index is 1500. The number of aromatic amines is 1. The van der Waals surface area contributed by atoms with Gasteiger partial charge in [-0.25, -0.2) is 13.4 Å². The Kier molecular flexibility index (Phi) is 6.31. The summed E-state index contributed by atoms with van der Waals surface area (Å²) in [5.74, 6) is 1.62. The lowest BCUT2D eigenvalue weighted by atomic mass is 10.1. The molecule has 0 aliphatic carbocycles. The number of hydroxylamine groups is 2. The molecule has 0 radical (unpaired) electrons. The Morgan fingerprint density at radius 3 is 2.83 bits per heavy atom. The first-order valence-corrected chi connectivity index (χ1v) is 13.5. The van der Waals surface area contributed by atoms with Crippen LogP contribution in [0.25, 0.3) is 10.9 Å². The van der Waals surface area contributed by atoms with Gasteiger partial charge in [0.15, 0.2) is 5.01 Å². The maximum Gasteiger partial charge on any atom is 0.283 e. The van der Waals surface area contributed by atoms with Crippen molar-refractivity contribution in [3.05, 3.63) is 45.4 Å². The number of rotatable bonds is 4. The van der Waals surface area contributed by atoms with E-state index in [4.69, 9.17) is 6.42 Å². The molecule has 1 unspecified atom stereocenters. The van der Waals surface area contributed by atoms with Crippen molar-refractivity contribution >= 4 is 44.1 Å². The van der Waals surface area contributed by atoms with E-state index in [1.54, 1.807) is 18.2 Å². The predicted molar refractivity (Wildman–Crippen MR) is 132 cm³/mol. The van der Waals surface area contributed by atoms with Crippen molar-refractivity contribution in [1.29, 1.82) is 0 Å². The van der Waals surface area contributed by atoms with Crippen molar-refractivity contribution in [2.45, 2.75) is 24.0 Å². The maximum atomic E-state index is 13.5. The van der Waals surface area contributed by atoms with Crippen LogP contribution in [-0.2, 0) is 27.8 Å². The normalized spacial score (nSPS) is 19.1. The highest BCUT2D eigenvalue weighted by molar-refractivity contribution is 7.89. The number of piperazine rings is 1. The van der Waals surface area contributed by atoms with Crippen molar-refractivity contribution in [2.75, 3.05) is 33.2 Å². The molecule has 1 atom stereocenters. The molecule has 2 aromatic heterocycles. The van der Waals surface area contributed by atoms with Gasteiger partial charge in [0.2, 0.25) is 5.91 Å². The van der Waals surface area contributed by atoms with Crippen molar-refractivity contribution < 1.29 is 23.2 Å². The molecule has 0 spiro atoms. The summed E-state index contributed by atoms with van der Waals surface area (Å²) in [5.41, 5.74) is 2.02. The molecule has 11 nitrogen and oxygen atoms in total. The molecule has 2 aliphatic rings. The topological polar surface area (TPSA) is 139 Å². The minimum atomic E-state index is -3.98. The van der Waals surface area contributed by atoms with Gasteiger partial charge in [0.1, 0.15) is 11.1 Å². The molecule has 1 fully saturated rings. The van der Waals surface area contributed by atoms with Gasteiger partial charge in [-0.15, -0.1) is 17.8 Å². The lowest BCUT2D eigenvalue weighted by Gasteiger charge is -2.39. The zero-order valence-corrected chi connectivity index (χ0v) is 21.0. The predicted octanol–water partition coefficient (Wildman–Crippen LogP) is 0.614. The molecule has 1 saturated heterocycles. The van der Waals surface area contributed by atoms with E-state index in [0.29, 0.717) is 36.0 Å². The fourth-order valence-electron chi connectivity index (χ4n) is 4.48. The number of terminal acetylenes is 1. The average Bonchev–Trinajstić information content (AvgIpc) is 3.51. The van der Waals surface area contributed by atoms with Crippen molar-refractivity contribution in [2.24, 2.45) is 0 Å². The summed E-state index contributed by atoms with van der Waals surface area (Å²) in [4.78, 5) is 35.7. The molecule has 188 valence electrons. The molecule has 1 aromatic carbocycles. The molecule has 36 heavy (non-hydrogen) atoms. The number of H-pyrrole nitrogens is 1. The zero-order chi connectivity index (χ0) is 25.6. The van der Waals surface area contributed by atoms with Gasteiger partial charge in [-0.05, 0) is 24.3 Å². The Morgan fingerprint density at radius 1 is 1.28 bits per heavy atom.